The van der Waals surface area contributed by atoms with E-state index >= 15 is 0 Å². The van der Waals surface area contributed by atoms with Crippen molar-refractivity contribution in [2.24, 2.45) is 5.92 Å². The molecule has 0 spiro atoms. The molecule has 0 aliphatic heterocycles. The molecule has 6 heteroatoms. The van der Waals surface area contributed by atoms with E-state index in [0.717, 1.165) is 38.3 Å². The van der Waals surface area contributed by atoms with E-state index in [0.29, 0.717) is 18.2 Å². The summed E-state index contributed by atoms with van der Waals surface area (Å²) in [5.74, 6) is 0.0612. The fraction of sp³-hybridized carbons (Fsp3) is 0.800. The molecule has 21 heavy (non-hydrogen) atoms. The van der Waals surface area contributed by atoms with Crippen molar-refractivity contribution in [3.63, 3.8) is 0 Å². The second-order valence-corrected chi connectivity index (χ2v) is 5.45. The number of hydrogen-bond acceptors (Lipinski definition) is 5. The van der Waals surface area contributed by atoms with Crippen LogP contribution in [-0.4, -0.2) is 52.1 Å². The number of rotatable bonds is 9. The van der Waals surface area contributed by atoms with E-state index in [9.17, 15) is 4.79 Å². The van der Waals surface area contributed by atoms with Gasteiger partial charge >= 0.3 is 5.97 Å². The molecule has 1 aromatic heterocycles. The van der Waals surface area contributed by atoms with E-state index < -0.39 is 0 Å². The minimum Gasteiger partial charge on any atom is -0.461 e. The summed E-state index contributed by atoms with van der Waals surface area (Å²) in [7, 11) is 0. The lowest BCUT2D eigenvalue weighted by Gasteiger charge is -2.18. The molecule has 120 valence electrons. The molecule has 0 unspecified atom stereocenters. The highest BCUT2D eigenvalue weighted by atomic mass is 16.5. The van der Waals surface area contributed by atoms with Gasteiger partial charge < -0.3 is 9.64 Å². The van der Waals surface area contributed by atoms with Crippen molar-refractivity contribution in [1.29, 1.82) is 0 Å². The van der Waals surface area contributed by atoms with Crippen molar-refractivity contribution in [2.45, 2.75) is 47.6 Å². The lowest BCUT2D eigenvalue weighted by Crippen LogP contribution is -2.28. The molecule has 0 aliphatic carbocycles. The van der Waals surface area contributed by atoms with E-state index in [1.165, 1.54) is 0 Å². The average Bonchev–Trinajstić information content (AvgIpc) is 2.82. The highest BCUT2D eigenvalue weighted by Gasteiger charge is 2.21. The first-order valence-corrected chi connectivity index (χ1v) is 7.85. The summed E-state index contributed by atoms with van der Waals surface area (Å²) in [5.41, 5.74) is 1.25. The molecule has 1 heterocycles. The van der Waals surface area contributed by atoms with Gasteiger partial charge in [0.05, 0.1) is 18.8 Å². The number of ether oxygens (including phenoxy) is 1. The number of esters is 1. The van der Waals surface area contributed by atoms with Gasteiger partial charge in [-0.2, -0.15) is 0 Å². The standard InChI is InChI=1S/C15H28N4O2/c1-6-18(7-2)9-10-19-13(11-12(4)5)14(16-17-19)15(20)21-8-3/h12H,6-11H2,1-5H3. The van der Waals surface area contributed by atoms with Crippen LogP contribution < -0.4 is 0 Å². The molecule has 0 saturated heterocycles. The molecule has 0 aromatic carbocycles. The van der Waals surface area contributed by atoms with Gasteiger partial charge in [0, 0.05) is 6.54 Å². The minimum absolute atomic E-state index is 0.353. The molecule has 0 amide bonds. The molecule has 0 saturated carbocycles. The zero-order valence-electron chi connectivity index (χ0n) is 13.9. The zero-order chi connectivity index (χ0) is 15.8. The van der Waals surface area contributed by atoms with E-state index in [1.807, 2.05) is 4.68 Å². The van der Waals surface area contributed by atoms with Crippen molar-refractivity contribution < 1.29 is 9.53 Å². The summed E-state index contributed by atoms with van der Waals surface area (Å²) < 4.78 is 6.92. The third kappa shape index (κ3) is 5.12. The molecule has 1 rings (SSSR count). The van der Waals surface area contributed by atoms with E-state index in [-0.39, 0.29) is 5.97 Å². The molecule has 0 aliphatic rings. The Morgan fingerprint density at radius 1 is 1.29 bits per heavy atom. The Balaban J connectivity index is 2.90. The maximum Gasteiger partial charge on any atom is 0.360 e. The smallest absolute Gasteiger partial charge is 0.360 e. The van der Waals surface area contributed by atoms with Crippen LogP contribution in [0.15, 0.2) is 0 Å². The summed E-state index contributed by atoms with van der Waals surface area (Å²) in [6, 6.07) is 0. The van der Waals surface area contributed by atoms with Gasteiger partial charge in [-0.3, -0.25) is 0 Å². The fourth-order valence-electron chi connectivity index (χ4n) is 2.24. The Morgan fingerprint density at radius 3 is 2.48 bits per heavy atom. The Bertz CT molecular complexity index is 439. The van der Waals surface area contributed by atoms with Gasteiger partial charge in [0.25, 0.3) is 0 Å². The summed E-state index contributed by atoms with van der Waals surface area (Å²) in [4.78, 5) is 14.3. The maximum atomic E-state index is 12.0. The Hall–Kier alpha value is -1.43. The van der Waals surface area contributed by atoms with Gasteiger partial charge in [0.1, 0.15) is 0 Å². The van der Waals surface area contributed by atoms with Crippen LogP contribution in [0, 0.1) is 5.92 Å². The van der Waals surface area contributed by atoms with E-state index in [2.05, 4.69) is 42.9 Å². The van der Waals surface area contributed by atoms with Crippen LogP contribution in [0.1, 0.15) is 50.8 Å². The summed E-state index contributed by atoms with van der Waals surface area (Å²) in [6.45, 7) is 14.4. The van der Waals surface area contributed by atoms with Crippen LogP contribution >= 0.6 is 0 Å². The van der Waals surface area contributed by atoms with Crippen LogP contribution in [0.5, 0.6) is 0 Å². The number of carbonyl (C=O) groups excluding carboxylic acids is 1. The Morgan fingerprint density at radius 2 is 1.95 bits per heavy atom. The highest BCUT2D eigenvalue weighted by molar-refractivity contribution is 5.88. The van der Waals surface area contributed by atoms with Crippen LogP contribution in [0.25, 0.3) is 0 Å². The predicted molar refractivity (Wildman–Crippen MR) is 82.3 cm³/mol. The van der Waals surface area contributed by atoms with Gasteiger partial charge in [-0.05, 0) is 32.4 Å². The first kappa shape index (κ1) is 17.6. The van der Waals surface area contributed by atoms with Gasteiger partial charge in [-0.15, -0.1) is 5.10 Å². The van der Waals surface area contributed by atoms with Crippen molar-refractivity contribution in [2.75, 3.05) is 26.2 Å². The van der Waals surface area contributed by atoms with Gasteiger partial charge in [-0.1, -0.05) is 32.9 Å². The quantitative estimate of drug-likeness (QED) is 0.652. The molecule has 1 aromatic rings. The SMILES string of the molecule is CCOC(=O)c1nnn(CCN(CC)CC)c1CC(C)C. The topological polar surface area (TPSA) is 60.2 Å². The van der Waals surface area contributed by atoms with Crippen LogP contribution in [0.3, 0.4) is 0 Å². The van der Waals surface area contributed by atoms with Crippen molar-refractivity contribution in [1.82, 2.24) is 19.9 Å². The van der Waals surface area contributed by atoms with Gasteiger partial charge in [0.15, 0.2) is 5.69 Å². The van der Waals surface area contributed by atoms with Crippen LogP contribution in [0.4, 0.5) is 0 Å². The fourth-order valence-corrected chi connectivity index (χ4v) is 2.24. The molecular formula is C15H28N4O2. The summed E-state index contributed by atoms with van der Waals surface area (Å²) in [6.07, 6.45) is 0.777. The lowest BCUT2D eigenvalue weighted by atomic mass is 10.1. The van der Waals surface area contributed by atoms with Crippen LogP contribution in [0.2, 0.25) is 0 Å². The summed E-state index contributed by atoms with van der Waals surface area (Å²) >= 11 is 0. The second kappa shape index (κ2) is 8.77. The van der Waals surface area contributed by atoms with Crippen LogP contribution in [-0.2, 0) is 17.7 Å². The number of nitrogens with zero attached hydrogens (tertiary/aromatic N) is 4. The normalized spacial score (nSPS) is 11.4. The third-order valence-electron chi connectivity index (χ3n) is 3.43. The van der Waals surface area contributed by atoms with Gasteiger partial charge in [-0.25, -0.2) is 9.48 Å². The number of likely N-dealkylation sites (N-methyl/N-ethyl adjacent to an activating group) is 1. The zero-order valence-corrected chi connectivity index (χ0v) is 13.9. The second-order valence-electron chi connectivity index (χ2n) is 5.45. The Labute approximate surface area is 127 Å². The largest absolute Gasteiger partial charge is 0.461 e. The molecule has 0 atom stereocenters. The first-order chi connectivity index (χ1) is 10.0. The molecule has 0 bridgehead atoms. The van der Waals surface area contributed by atoms with E-state index in [1.54, 1.807) is 6.92 Å². The van der Waals surface area contributed by atoms with Crippen molar-refractivity contribution >= 4 is 5.97 Å². The lowest BCUT2D eigenvalue weighted by molar-refractivity contribution is 0.0517. The molecule has 0 fully saturated rings. The maximum absolute atomic E-state index is 12.0. The molecule has 0 radical (unpaired) electrons. The number of carbonyl (C=O) groups is 1. The Kier molecular flexibility index (Phi) is 7.36. The monoisotopic (exact) mass is 296 g/mol. The summed E-state index contributed by atoms with van der Waals surface area (Å²) in [5, 5.41) is 8.19. The molecule has 6 nitrogen and oxygen atoms in total. The average molecular weight is 296 g/mol. The van der Waals surface area contributed by atoms with Gasteiger partial charge in [0.2, 0.25) is 0 Å². The minimum atomic E-state index is -0.373. The molecule has 0 N–H and O–H groups in total. The van der Waals surface area contributed by atoms with Crippen molar-refractivity contribution in [3.8, 4) is 0 Å². The van der Waals surface area contributed by atoms with E-state index in [4.69, 9.17) is 4.74 Å². The first-order valence-electron chi connectivity index (χ1n) is 7.85. The predicted octanol–water partition coefficient (Wildman–Crippen LogP) is 2.00. The number of aromatic nitrogens is 3. The number of hydrogen-bond donors (Lipinski definition) is 0. The highest BCUT2D eigenvalue weighted by Crippen LogP contribution is 2.13. The van der Waals surface area contributed by atoms with Crippen molar-refractivity contribution in [3.05, 3.63) is 11.4 Å². The molecular weight excluding hydrogens is 268 g/mol. The third-order valence-corrected chi connectivity index (χ3v) is 3.43.